The highest BCUT2D eigenvalue weighted by Gasteiger charge is 2.19. The number of hydrogen-bond acceptors (Lipinski definition) is 6. The third-order valence-electron chi connectivity index (χ3n) is 15.8. The van der Waals surface area contributed by atoms with Crippen molar-refractivity contribution in [2.24, 2.45) is 0 Å². The lowest BCUT2D eigenvalue weighted by atomic mass is 10.0. The van der Waals surface area contributed by atoms with Gasteiger partial charge in [0.1, 0.15) is 13.2 Å². The molecule has 0 aromatic heterocycles. The summed E-state index contributed by atoms with van der Waals surface area (Å²) in [6, 6.07) is 0. The molecule has 0 aliphatic heterocycles. The van der Waals surface area contributed by atoms with Crippen LogP contribution in [-0.2, 0) is 28.6 Å². The maximum absolute atomic E-state index is 12.8. The van der Waals surface area contributed by atoms with Crippen molar-refractivity contribution in [3.05, 3.63) is 12.2 Å². The van der Waals surface area contributed by atoms with Crippen LogP contribution in [0.15, 0.2) is 12.2 Å². The number of rotatable bonds is 64. The maximum Gasteiger partial charge on any atom is 0.306 e. The lowest BCUT2D eigenvalue weighted by Gasteiger charge is -2.18. The third-order valence-corrected chi connectivity index (χ3v) is 15.8. The molecule has 0 saturated carbocycles. The molecule has 0 spiro atoms. The Balaban J connectivity index is 3.95. The lowest BCUT2D eigenvalue weighted by molar-refractivity contribution is -0.167. The van der Waals surface area contributed by atoms with Crippen molar-refractivity contribution in [1.29, 1.82) is 0 Å². The molecule has 0 aromatic rings. The van der Waals surface area contributed by atoms with Crippen LogP contribution in [0.5, 0.6) is 0 Å². The minimum absolute atomic E-state index is 0.0626. The van der Waals surface area contributed by atoms with Crippen molar-refractivity contribution in [1.82, 2.24) is 0 Å². The summed E-state index contributed by atoms with van der Waals surface area (Å²) in [6.45, 7) is 6.68. The summed E-state index contributed by atoms with van der Waals surface area (Å²) in [6.07, 6.45) is 77.0. The second-order valence-corrected chi connectivity index (χ2v) is 23.5. The molecule has 0 fully saturated rings. The van der Waals surface area contributed by atoms with Gasteiger partial charge in [0.2, 0.25) is 0 Å². The zero-order valence-corrected chi connectivity index (χ0v) is 51.1. The summed E-state index contributed by atoms with van der Waals surface area (Å²) < 4.78 is 16.9. The molecule has 0 aliphatic rings. The minimum Gasteiger partial charge on any atom is -0.462 e. The summed E-state index contributed by atoms with van der Waals surface area (Å²) in [5.74, 6) is -0.837. The highest BCUT2D eigenvalue weighted by molar-refractivity contribution is 5.71. The molecule has 1 atom stereocenters. The molecule has 0 bridgehead atoms. The largest absolute Gasteiger partial charge is 0.462 e. The number of ether oxygens (including phenoxy) is 3. The molecule has 0 radical (unpaired) electrons. The average molecular weight is 1060 g/mol. The fourth-order valence-corrected chi connectivity index (χ4v) is 10.6. The van der Waals surface area contributed by atoms with Crippen molar-refractivity contribution < 1.29 is 28.6 Å². The van der Waals surface area contributed by atoms with E-state index < -0.39 is 6.10 Å². The van der Waals surface area contributed by atoms with E-state index in [-0.39, 0.29) is 31.1 Å². The molecular formula is C69H132O6. The Kier molecular flexibility index (Phi) is 63.1. The van der Waals surface area contributed by atoms with E-state index in [9.17, 15) is 14.4 Å². The van der Waals surface area contributed by atoms with Gasteiger partial charge in [0, 0.05) is 19.3 Å². The lowest BCUT2D eigenvalue weighted by Crippen LogP contribution is -2.30. The number of unbranched alkanes of at least 4 members (excludes halogenated alkanes) is 51. The van der Waals surface area contributed by atoms with Gasteiger partial charge in [0.05, 0.1) is 0 Å². The van der Waals surface area contributed by atoms with Gasteiger partial charge < -0.3 is 14.2 Å². The Morgan fingerprint density at radius 2 is 0.440 bits per heavy atom. The topological polar surface area (TPSA) is 78.9 Å². The predicted octanol–water partition coefficient (Wildman–Crippen LogP) is 23.2. The molecule has 75 heavy (non-hydrogen) atoms. The average Bonchev–Trinajstić information content (AvgIpc) is 3.41. The van der Waals surface area contributed by atoms with Gasteiger partial charge in [-0.3, -0.25) is 14.4 Å². The molecule has 0 aliphatic carbocycles. The van der Waals surface area contributed by atoms with Crippen molar-refractivity contribution >= 4 is 17.9 Å². The SMILES string of the molecule is CCCCCCCCCC/C=C\CCCCCCCCCCCCCCCCCCCCCCCC(=O)OCC(COC(=O)CCCCCCCCCC)OC(=O)CCCCCCCCCCCCCCCCCC. The first kappa shape index (κ1) is 73.2. The Hall–Kier alpha value is -1.85. The Morgan fingerprint density at radius 1 is 0.253 bits per heavy atom. The summed E-state index contributed by atoms with van der Waals surface area (Å²) in [7, 11) is 0. The van der Waals surface area contributed by atoms with Crippen molar-refractivity contribution in [2.45, 2.75) is 399 Å². The molecule has 0 amide bonds. The summed E-state index contributed by atoms with van der Waals surface area (Å²) in [5, 5.41) is 0. The predicted molar refractivity (Wildman–Crippen MR) is 326 cm³/mol. The van der Waals surface area contributed by atoms with E-state index in [0.717, 1.165) is 57.8 Å². The van der Waals surface area contributed by atoms with Gasteiger partial charge in [0.15, 0.2) is 6.10 Å². The van der Waals surface area contributed by atoms with Crippen LogP contribution in [-0.4, -0.2) is 37.2 Å². The summed E-state index contributed by atoms with van der Waals surface area (Å²) in [4.78, 5) is 38.1. The fraction of sp³-hybridized carbons (Fsp3) is 0.928. The highest BCUT2D eigenvalue weighted by Crippen LogP contribution is 2.19. The molecule has 0 aromatic carbocycles. The molecule has 0 heterocycles. The number of esters is 3. The molecule has 6 heteroatoms. The van der Waals surface area contributed by atoms with E-state index in [0.29, 0.717) is 19.3 Å². The van der Waals surface area contributed by atoms with Crippen LogP contribution in [0, 0.1) is 0 Å². The van der Waals surface area contributed by atoms with Crippen LogP contribution >= 0.6 is 0 Å². The first-order chi connectivity index (χ1) is 37.0. The van der Waals surface area contributed by atoms with Gasteiger partial charge in [-0.25, -0.2) is 0 Å². The Morgan fingerprint density at radius 3 is 0.667 bits per heavy atom. The van der Waals surface area contributed by atoms with Gasteiger partial charge in [0.25, 0.3) is 0 Å². The van der Waals surface area contributed by atoms with E-state index in [2.05, 4.69) is 32.9 Å². The first-order valence-corrected chi connectivity index (χ1v) is 34.2. The Bertz CT molecular complexity index is 1170. The number of hydrogen-bond donors (Lipinski definition) is 0. The zero-order valence-electron chi connectivity index (χ0n) is 51.1. The molecule has 0 rings (SSSR count). The fourth-order valence-electron chi connectivity index (χ4n) is 10.6. The smallest absolute Gasteiger partial charge is 0.306 e. The molecule has 1 unspecified atom stereocenters. The second-order valence-electron chi connectivity index (χ2n) is 23.5. The number of carbonyl (C=O) groups is 3. The quantitative estimate of drug-likeness (QED) is 0.0261. The van der Waals surface area contributed by atoms with Crippen LogP contribution in [0.25, 0.3) is 0 Å². The molecule has 444 valence electrons. The number of carbonyl (C=O) groups excluding carboxylic acids is 3. The monoisotopic (exact) mass is 1060 g/mol. The van der Waals surface area contributed by atoms with E-state index in [1.165, 1.54) is 295 Å². The number of allylic oxidation sites excluding steroid dienone is 2. The first-order valence-electron chi connectivity index (χ1n) is 34.2. The van der Waals surface area contributed by atoms with Crippen LogP contribution < -0.4 is 0 Å². The molecule has 6 nitrogen and oxygen atoms in total. The zero-order chi connectivity index (χ0) is 54.3. The maximum atomic E-state index is 12.8. The van der Waals surface area contributed by atoms with Gasteiger partial charge >= 0.3 is 17.9 Å². The normalized spacial score (nSPS) is 12.0. The molecule has 0 saturated heterocycles. The van der Waals surface area contributed by atoms with E-state index in [1.54, 1.807) is 0 Å². The van der Waals surface area contributed by atoms with E-state index in [4.69, 9.17) is 14.2 Å². The minimum atomic E-state index is -0.762. The standard InChI is InChI=1S/C69H132O6/c1-4-7-10-13-16-19-21-23-25-27-28-29-30-31-32-33-34-35-36-37-38-39-40-41-42-43-45-46-48-50-53-56-59-62-68(71)74-65-66(64-73-67(70)61-58-55-52-18-15-12-9-6-3)75-69(72)63-60-57-54-51-49-47-44-26-24-22-20-17-14-11-8-5-2/h27-28,66H,4-26,29-65H2,1-3H3/b28-27-. The van der Waals surface area contributed by atoms with Crippen molar-refractivity contribution in [3.63, 3.8) is 0 Å². The Labute approximate surface area is 469 Å². The van der Waals surface area contributed by atoms with Crippen LogP contribution in [0.3, 0.4) is 0 Å². The summed E-state index contributed by atoms with van der Waals surface area (Å²) >= 11 is 0. The van der Waals surface area contributed by atoms with E-state index >= 15 is 0 Å². The highest BCUT2D eigenvalue weighted by atomic mass is 16.6. The van der Waals surface area contributed by atoms with Crippen LogP contribution in [0.2, 0.25) is 0 Å². The van der Waals surface area contributed by atoms with Gasteiger partial charge in [-0.2, -0.15) is 0 Å². The third kappa shape index (κ3) is 62.9. The molecular weight excluding hydrogens is 925 g/mol. The van der Waals surface area contributed by atoms with Crippen molar-refractivity contribution in [2.75, 3.05) is 13.2 Å². The van der Waals surface area contributed by atoms with Gasteiger partial charge in [-0.15, -0.1) is 0 Å². The molecule has 0 N–H and O–H groups in total. The van der Waals surface area contributed by atoms with Gasteiger partial charge in [-0.1, -0.05) is 341 Å². The second kappa shape index (κ2) is 64.7. The van der Waals surface area contributed by atoms with Gasteiger partial charge in [-0.05, 0) is 44.9 Å². The van der Waals surface area contributed by atoms with Crippen LogP contribution in [0.1, 0.15) is 393 Å². The van der Waals surface area contributed by atoms with E-state index in [1.807, 2.05) is 0 Å². The summed E-state index contributed by atoms with van der Waals surface area (Å²) in [5.41, 5.74) is 0. The van der Waals surface area contributed by atoms with Crippen molar-refractivity contribution in [3.8, 4) is 0 Å². The van der Waals surface area contributed by atoms with Crippen LogP contribution in [0.4, 0.5) is 0 Å².